The van der Waals surface area contributed by atoms with Gasteiger partial charge in [-0.15, -0.1) is 0 Å². The van der Waals surface area contributed by atoms with E-state index in [1.165, 1.54) is 11.8 Å². The van der Waals surface area contributed by atoms with Crippen LogP contribution in [0, 0.1) is 0 Å². The highest BCUT2D eigenvalue weighted by molar-refractivity contribution is 6.46. The molecule has 0 aliphatic carbocycles. The van der Waals surface area contributed by atoms with Crippen molar-refractivity contribution in [1.82, 2.24) is 10.2 Å². The van der Waals surface area contributed by atoms with Gasteiger partial charge in [0.25, 0.3) is 11.7 Å². The van der Waals surface area contributed by atoms with Gasteiger partial charge in [-0.2, -0.15) is 0 Å². The summed E-state index contributed by atoms with van der Waals surface area (Å²) < 4.78 is 0. The molecule has 1 aliphatic heterocycles. The van der Waals surface area contributed by atoms with E-state index in [0.29, 0.717) is 21.2 Å². The first-order valence-electron chi connectivity index (χ1n) is 8.84. The summed E-state index contributed by atoms with van der Waals surface area (Å²) in [6.07, 6.45) is 0. The number of likely N-dealkylation sites (tertiary alicyclic amines) is 1. The van der Waals surface area contributed by atoms with Gasteiger partial charge in [-0.3, -0.25) is 14.4 Å². The third kappa shape index (κ3) is 4.44. The molecule has 0 saturated carbocycles. The molecule has 8 heteroatoms. The van der Waals surface area contributed by atoms with E-state index in [9.17, 15) is 19.5 Å². The largest absolute Gasteiger partial charge is 0.507 e. The second-order valence-electron chi connectivity index (χ2n) is 6.53. The van der Waals surface area contributed by atoms with Crippen LogP contribution in [0.25, 0.3) is 5.76 Å². The molecule has 2 amide bonds. The molecule has 1 fully saturated rings. The maximum Gasteiger partial charge on any atom is 0.295 e. The predicted molar refractivity (Wildman–Crippen MR) is 111 cm³/mol. The van der Waals surface area contributed by atoms with Gasteiger partial charge in [0.2, 0.25) is 5.91 Å². The van der Waals surface area contributed by atoms with Crippen molar-refractivity contribution in [2.45, 2.75) is 13.0 Å². The molecule has 0 aromatic heterocycles. The van der Waals surface area contributed by atoms with E-state index in [-0.39, 0.29) is 30.3 Å². The van der Waals surface area contributed by atoms with Crippen LogP contribution in [0.4, 0.5) is 0 Å². The average Bonchev–Trinajstić information content (AvgIpc) is 2.93. The minimum Gasteiger partial charge on any atom is -0.507 e. The van der Waals surface area contributed by atoms with E-state index >= 15 is 0 Å². The lowest BCUT2D eigenvalue weighted by Gasteiger charge is -2.25. The normalized spacial score (nSPS) is 18.2. The number of rotatable bonds is 5. The number of Topliss-reactive ketones (excluding diaryl/α,β-unsaturated/α-hetero) is 1. The van der Waals surface area contributed by atoms with Gasteiger partial charge in [0, 0.05) is 35.6 Å². The van der Waals surface area contributed by atoms with E-state index in [0.717, 1.165) is 0 Å². The summed E-state index contributed by atoms with van der Waals surface area (Å²) in [7, 11) is 0. The fourth-order valence-electron chi connectivity index (χ4n) is 3.22. The molecular formula is C21H18Cl2N2O4. The summed E-state index contributed by atoms with van der Waals surface area (Å²) in [6, 6.07) is 12.2. The van der Waals surface area contributed by atoms with E-state index in [1.807, 2.05) is 0 Å². The fourth-order valence-corrected chi connectivity index (χ4v) is 3.47. The van der Waals surface area contributed by atoms with Crippen molar-refractivity contribution >= 4 is 46.6 Å². The summed E-state index contributed by atoms with van der Waals surface area (Å²) in [5.41, 5.74) is 0.961. The molecule has 0 unspecified atom stereocenters. The number of carbonyl (C=O) groups is 3. The third-order valence-corrected chi connectivity index (χ3v) is 5.07. The Morgan fingerprint density at radius 1 is 1.03 bits per heavy atom. The van der Waals surface area contributed by atoms with Crippen molar-refractivity contribution in [3.63, 3.8) is 0 Å². The highest BCUT2D eigenvalue weighted by Crippen LogP contribution is 2.39. The van der Waals surface area contributed by atoms with E-state index < -0.39 is 17.7 Å². The lowest BCUT2D eigenvalue weighted by molar-refractivity contribution is -0.139. The number of benzene rings is 2. The summed E-state index contributed by atoms with van der Waals surface area (Å²) in [5, 5.41) is 14.5. The van der Waals surface area contributed by atoms with Gasteiger partial charge in [-0.25, -0.2) is 0 Å². The Morgan fingerprint density at radius 2 is 1.59 bits per heavy atom. The highest BCUT2D eigenvalue weighted by Gasteiger charge is 2.45. The number of ketones is 1. The van der Waals surface area contributed by atoms with Crippen molar-refractivity contribution in [2.75, 3.05) is 13.1 Å². The molecule has 0 bridgehead atoms. The zero-order valence-corrected chi connectivity index (χ0v) is 17.0. The van der Waals surface area contributed by atoms with Crippen LogP contribution in [0.15, 0.2) is 54.1 Å². The molecular weight excluding hydrogens is 415 g/mol. The first-order chi connectivity index (χ1) is 13.8. The number of amides is 2. The third-order valence-electron chi connectivity index (χ3n) is 4.57. The van der Waals surface area contributed by atoms with Gasteiger partial charge in [0.05, 0.1) is 11.6 Å². The van der Waals surface area contributed by atoms with E-state index in [1.54, 1.807) is 48.5 Å². The lowest BCUT2D eigenvalue weighted by Crippen LogP contribution is -2.37. The SMILES string of the molecule is CC(=O)NCCN1C(=O)C(=O)/C(=C(/O)c2ccc(Cl)cc2)[C@H]1c1ccc(Cl)cc1. The smallest absolute Gasteiger partial charge is 0.295 e. The molecule has 6 nitrogen and oxygen atoms in total. The molecule has 2 N–H and O–H groups in total. The molecule has 0 radical (unpaired) electrons. The quantitative estimate of drug-likeness (QED) is 0.429. The number of nitrogens with one attached hydrogen (secondary N) is 1. The summed E-state index contributed by atoms with van der Waals surface area (Å²) >= 11 is 11.9. The van der Waals surface area contributed by atoms with Crippen LogP contribution < -0.4 is 5.32 Å². The highest BCUT2D eigenvalue weighted by atomic mass is 35.5. The lowest BCUT2D eigenvalue weighted by atomic mass is 9.95. The Labute approximate surface area is 177 Å². The Bertz CT molecular complexity index is 985. The first kappa shape index (κ1) is 20.9. The van der Waals surface area contributed by atoms with Crippen LogP contribution in [-0.4, -0.2) is 40.7 Å². The average molecular weight is 433 g/mol. The molecule has 150 valence electrons. The molecule has 29 heavy (non-hydrogen) atoms. The van der Waals surface area contributed by atoms with Gasteiger partial charge in [-0.05, 0) is 42.0 Å². The van der Waals surface area contributed by atoms with E-state index in [4.69, 9.17) is 23.2 Å². The molecule has 1 saturated heterocycles. The first-order valence-corrected chi connectivity index (χ1v) is 9.59. The number of hydrogen-bond donors (Lipinski definition) is 2. The Morgan fingerprint density at radius 3 is 2.14 bits per heavy atom. The number of aliphatic hydroxyl groups excluding tert-OH is 1. The fraction of sp³-hybridized carbons (Fsp3) is 0.190. The Balaban J connectivity index is 2.08. The molecule has 2 aromatic carbocycles. The summed E-state index contributed by atoms with van der Waals surface area (Å²) in [4.78, 5) is 38.0. The monoisotopic (exact) mass is 432 g/mol. The second-order valence-corrected chi connectivity index (χ2v) is 7.41. The number of carbonyl (C=O) groups excluding carboxylic acids is 3. The molecule has 3 rings (SSSR count). The van der Waals surface area contributed by atoms with Crippen LogP contribution in [0.2, 0.25) is 10.0 Å². The van der Waals surface area contributed by atoms with Crippen molar-refractivity contribution in [1.29, 1.82) is 0 Å². The Kier molecular flexibility index (Phi) is 6.25. The van der Waals surface area contributed by atoms with Crippen molar-refractivity contribution in [2.24, 2.45) is 0 Å². The molecule has 2 aromatic rings. The van der Waals surface area contributed by atoms with Gasteiger partial charge in [-0.1, -0.05) is 35.3 Å². The standard InChI is InChI=1S/C21H18Cl2N2O4/c1-12(26)24-10-11-25-18(13-2-6-15(22)7-3-13)17(20(28)21(25)29)19(27)14-4-8-16(23)9-5-14/h2-9,18,27H,10-11H2,1H3,(H,24,26)/b19-17+/t18-/m1/s1. The van der Waals surface area contributed by atoms with Crippen LogP contribution >= 0.6 is 23.2 Å². The number of nitrogens with zero attached hydrogens (tertiary/aromatic N) is 1. The van der Waals surface area contributed by atoms with Crippen molar-refractivity contribution in [3.8, 4) is 0 Å². The number of halogens is 2. The van der Waals surface area contributed by atoms with Gasteiger partial charge in [0.15, 0.2) is 0 Å². The van der Waals surface area contributed by atoms with Crippen LogP contribution in [0.3, 0.4) is 0 Å². The van der Waals surface area contributed by atoms with Gasteiger partial charge in [0.1, 0.15) is 5.76 Å². The van der Waals surface area contributed by atoms with Crippen molar-refractivity contribution in [3.05, 3.63) is 75.3 Å². The zero-order valence-electron chi connectivity index (χ0n) is 15.5. The second kappa shape index (κ2) is 8.68. The minimum atomic E-state index is -0.809. The maximum atomic E-state index is 12.8. The van der Waals surface area contributed by atoms with Gasteiger partial charge >= 0.3 is 0 Å². The summed E-state index contributed by atoms with van der Waals surface area (Å²) in [5.74, 6) is -2.07. The zero-order chi connectivity index (χ0) is 21.1. The van der Waals surface area contributed by atoms with Crippen LogP contribution in [-0.2, 0) is 14.4 Å². The van der Waals surface area contributed by atoms with Crippen LogP contribution in [0.1, 0.15) is 24.1 Å². The molecule has 1 aliphatic rings. The topological polar surface area (TPSA) is 86.7 Å². The van der Waals surface area contributed by atoms with E-state index in [2.05, 4.69) is 5.32 Å². The van der Waals surface area contributed by atoms with Crippen LogP contribution in [0.5, 0.6) is 0 Å². The number of aliphatic hydroxyl groups is 1. The predicted octanol–water partition coefficient (Wildman–Crippen LogP) is 3.55. The molecule has 1 atom stereocenters. The number of hydrogen-bond acceptors (Lipinski definition) is 4. The van der Waals surface area contributed by atoms with Crippen molar-refractivity contribution < 1.29 is 19.5 Å². The maximum absolute atomic E-state index is 12.8. The molecule has 0 spiro atoms. The van der Waals surface area contributed by atoms with Gasteiger partial charge < -0.3 is 15.3 Å². The minimum absolute atomic E-state index is 0.0255. The Hall–Kier alpha value is -2.83. The summed E-state index contributed by atoms with van der Waals surface area (Å²) in [6.45, 7) is 1.65. The molecule has 1 heterocycles.